The predicted octanol–water partition coefficient (Wildman–Crippen LogP) is 9.83. The SMILES string of the molecule is CCCCCOc1ccc(-c2ccc(-c3ccc(-c4ccc(OCCCCC)cc4)cc3)cc2)cc1. The molecule has 2 nitrogen and oxygen atoms in total. The van der Waals surface area contributed by atoms with Crippen molar-refractivity contribution in [1.82, 2.24) is 0 Å². The Bertz CT molecular complexity index is 1060. The van der Waals surface area contributed by atoms with Gasteiger partial charge in [-0.15, -0.1) is 0 Å². The molecule has 0 unspecified atom stereocenters. The van der Waals surface area contributed by atoms with Crippen LogP contribution >= 0.6 is 0 Å². The van der Waals surface area contributed by atoms with E-state index in [2.05, 4.69) is 111 Å². The second-order valence-electron chi connectivity index (χ2n) is 9.31. The summed E-state index contributed by atoms with van der Waals surface area (Å²) in [7, 11) is 0. The molecule has 4 aromatic carbocycles. The highest BCUT2D eigenvalue weighted by atomic mass is 16.5. The molecule has 2 heteroatoms. The van der Waals surface area contributed by atoms with Crippen molar-refractivity contribution in [3.8, 4) is 44.9 Å². The molecule has 0 aliphatic carbocycles. The van der Waals surface area contributed by atoms with Crippen molar-refractivity contribution >= 4 is 0 Å². The van der Waals surface area contributed by atoms with E-state index in [4.69, 9.17) is 9.47 Å². The zero-order valence-electron chi connectivity index (χ0n) is 21.7. The van der Waals surface area contributed by atoms with E-state index < -0.39 is 0 Å². The minimum atomic E-state index is 0.791. The summed E-state index contributed by atoms with van der Waals surface area (Å²) in [5, 5.41) is 0. The molecular formula is C34H38O2. The van der Waals surface area contributed by atoms with Crippen LogP contribution < -0.4 is 9.47 Å². The van der Waals surface area contributed by atoms with Crippen LogP contribution in [0.4, 0.5) is 0 Å². The topological polar surface area (TPSA) is 18.5 Å². The Morgan fingerprint density at radius 2 is 0.611 bits per heavy atom. The van der Waals surface area contributed by atoms with E-state index in [9.17, 15) is 0 Å². The molecule has 4 rings (SSSR count). The lowest BCUT2D eigenvalue weighted by Gasteiger charge is -2.09. The van der Waals surface area contributed by atoms with E-state index in [1.807, 2.05) is 0 Å². The molecule has 0 N–H and O–H groups in total. The molecule has 4 aromatic rings. The first-order chi connectivity index (χ1) is 17.8. The maximum Gasteiger partial charge on any atom is 0.119 e. The van der Waals surface area contributed by atoms with Crippen molar-refractivity contribution in [3.63, 3.8) is 0 Å². The van der Waals surface area contributed by atoms with Gasteiger partial charge in [0.25, 0.3) is 0 Å². The van der Waals surface area contributed by atoms with E-state index in [0.717, 1.165) is 37.6 Å². The molecule has 0 bridgehead atoms. The van der Waals surface area contributed by atoms with Gasteiger partial charge in [0.15, 0.2) is 0 Å². The van der Waals surface area contributed by atoms with Crippen molar-refractivity contribution in [1.29, 1.82) is 0 Å². The molecule has 0 atom stereocenters. The van der Waals surface area contributed by atoms with E-state index in [-0.39, 0.29) is 0 Å². The van der Waals surface area contributed by atoms with Gasteiger partial charge in [0.1, 0.15) is 11.5 Å². The van der Waals surface area contributed by atoms with Gasteiger partial charge in [0, 0.05) is 0 Å². The number of rotatable bonds is 13. The zero-order valence-corrected chi connectivity index (χ0v) is 21.7. The molecule has 0 aliphatic heterocycles. The lowest BCUT2D eigenvalue weighted by Crippen LogP contribution is -1.96. The van der Waals surface area contributed by atoms with Crippen LogP contribution in [0.5, 0.6) is 11.5 Å². The van der Waals surface area contributed by atoms with E-state index >= 15 is 0 Å². The van der Waals surface area contributed by atoms with Crippen molar-refractivity contribution < 1.29 is 9.47 Å². The van der Waals surface area contributed by atoms with Crippen LogP contribution in [0, 0.1) is 0 Å². The monoisotopic (exact) mass is 478 g/mol. The van der Waals surface area contributed by atoms with Gasteiger partial charge in [-0.1, -0.05) is 112 Å². The van der Waals surface area contributed by atoms with Crippen LogP contribution in [-0.2, 0) is 0 Å². The lowest BCUT2D eigenvalue weighted by atomic mass is 9.98. The molecular weight excluding hydrogens is 440 g/mol. The normalized spacial score (nSPS) is 10.8. The van der Waals surface area contributed by atoms with E-state index in [1.165, 1.54) is 59.1 Å². The largest absolute Gasteiger partial charge is 0.494 e. The Hall–Kier alpha value is -3.52. The second kappa shape index (κ2) is 13.5. The maximum atomic E-state index is 5.84. The van der Waals surface area contributed by atoms with Crippen molar-refractivity contribution in [2.45, 2.75) is 52.4 Å². The standard InChI is InChI=1S/C34H38O2/c1-3-5-7-25-35-33-21-17-31(18-22-33)29-13-9-27(10-14-29)28-11-15-30(16-12-28)32-19-23-34(24-20-32)36-26-8-6-4-2/h9-24H,3-8,25-26H2,1-2H3. The molecule has 0 saturated carbocycles. The van der Waals surface area contributed by atoms with Gasteiger partial charge < -0.3 is 9.47 Å². The summed E-state index contributed by atoms with van der Waals surface area (Å²) < 4.78 is 11.7. The second-order valence-corrected chi connectivity index (χ2v) is 9.31. The molecule has 0 fully saturated rings. The number of hydrogen-bond acceptors (Lipinski definition) is 2. The van der Waals surface area contributed by atoms with Crippen LogP contribution in [0.1, 0.15) is 52.4 Å². The Morgan fingerprint density at radius 1 is 0.361 bits per heavy atom. The fourth-order valence-electron chi connectivity index (χ4n) is 4.28. The van der Waals surface area contributed by atoms with Gasteiger partial charge in [0.2, 0.25) is 0 Å². The first kappa shape index (κ1) is 25.6. The smallest absolute Gasteiger partial charge is 0.119 e. The third-order valence-corrected chi connectivity index (χ3v) is 6.51. The molecule has 0 radical (unpaired) electrons. The summed E-state index contributed by atoms with van der Waals surface area (Å²) in [5.74, 6) is 1.89. The average molecular weight is 479 g/mol. The number of unbranched alkanes of at least 4 members (excludes halogenated alkanes) is 4. The molecule has 36 heavy (non-hydrogen) atoms. The third-order valence-electron chi connectivity index (χ3n) is 6.51. The predicted molar refractivity (Wildman–Crippen MR) is 153 cm³/mol. The summed E-state index contributed by atoms with van der Waals surface area (Å²) in [6.45, 7) is 6.00. The molecule has 0 aromatic heterocycles. The summed E-state index contributed by atoms with van der Waals surface area (Å²) >= 11 is 0. The Morgan fingerprint density at radius 3 is 0.861 bits per heavy atom. The third kappa shape index (κ3) is 7.24. The minimum Gasteiger partial charge on any atom is -0.494 e. The average Bonchev–Trinajstić information content (AvgIpc) is 2.94. The summed E-state index contributed by atoms with van der Waals surface area (Å²) in [5.41, 5.74) is 7.27. The number of benzene rings is 4. The van der Waals surface area contributed by atoms with E-state index in [0.29, 0.717) is 0 Å². The fraction of sp³-hybridized carbons (Fsp3) is 0.294. The Balaban J connectivity index is 1.35. The van der Waals surface area contributed by atoms with Crippen LogP contribution in [0.2, 0.25) is 0 Å². The minimum absolute atomic E-state index is 0.791. The van der Waals surface area contributed by atoms with Gasteiger partial charge >= 0.3 is 0 Å². The van der Waals surface area contributed by atoms with Gasteiger partial charge in [0.05, 0.1) is 13.2 Å². The summed E-state index contributed by atoms with van der Waals surface area (Å²) in [4.78, 5) is 0. The van der Waals surface area contributed by atoms with Crippen LogP contribution in [-0.4, -0.2) is 13.2 Å². The summed E-state index contributed by atoms with van der Waals surface area (Å²) in [6, 6.07) is 34.4. The zero-order chi connectivity index (χ0) is 25.0. The highest BCUT2D eigenvalue weighted by molar-refractivity contribution is 5.73. The van der Waals surface area contributed by atoms with Gasteiger partial charge in [-0.3, -0.25) is 0 Å². The van der Waals surface area contributed by atoms with Crippen molar-refractivity contribution in [2.24, 2.45) is 0 Å². The quantitative estimate of drug-likeness (QED) is 0.178. The Labute approximate surface area is 216 Å². The molecule has 0 amide bonds. The van der Waals surface area contributed by atoms with Crippen molar-refractivity contribution in [2.75, 3.05) is 13.2 Å². The highest BCUT2D eigenvalue weighted by Crippen LogP contribution is 2.29. The lowest BCUT2D eigenvalue weighted by molar-refractivity contribution is 0.306. The molecule has 0 heterocycles. The van der Waals surface area contributed by atoms with Gasteiger partial charge in [-0.2, -0.15) is 0 Å². The number of ether oxygens (including phenoxy) is 2. The Kier molecular flexibility index (Phi) is 9.61. The summed E-state index contributed by atoms with van der Waals surface area (Å²) in [6.07, 6.45) is 7.09. The molecule has 0 saturated heterocycles. The first-order valence-corrected chi connectivity index (χ1v) is 13.4. The van der Waals surface area contributed by atoms with Crippen LogP contribution in [0.3, 0.4) is 0 Å². The number of hydrogen-bond donors (Lipinski definition) is 0. The van der Waals surface area contributed by atoms with E-state index in [1.54, 1.807) is 0 Å². The van der Waals surface area contributed by atoms with Gasteiger partial charge in [-0.25, -0.2) is 0 Å². The maximum absolute atomic E-state index is 5.84. The highest BCUT2D eigenvalue weighted by Gasteiger charge is 2.04. The molecule has 0 aliphatic rings. The first-order valence-electron chi connectivity index (χ1n) is 13.4. The van der Waals surface area contributed by atoms with Crippen LogP contribution in [0.25, 0.3) is 33.4 Å². The van der Waals surface area contributed by atoms with Gasteiger partial charge in [-0.05, 0) is 70.5 Å². The molecule has 186 valence electrons. The molecule has 0 spiro atoms. The van der Waals surface area contributed by atoms with Crippen LogP contribution in [0.15, 0.2) is 97.1 Å². The van der Waals surface area contributed by atoms with Crippen molar-refractivity contribution in [3.05, 3.63) is 97.1 Å². The fourth-order valence-corrected chi connectivity index (χ4v) is 4.28.